The van der Waals surface area contributed by atoms with Crippen LogP contribution in [0.2, 0.25) is 0 Å². The fraction of sp³-hybridized carbons (Fsp3) is 0.400. The molecule has 1 nitrogen and oxygen atoms in total. The predicted octanol–water partition coefficient (Wildman–Crippen LogP) is 3.58. The van der Waals surface area contributed by atoms with Gasteiger partial charge in [0.05, 0.1) is 0 Å². The monoisotopic (exact) mass is 240 g/mol. The molecule has 0 aliphatic carbocycles. The van der Waals surface area contributed by atoms with Crippen molar-refractivity contribution in [2.24, 2.45) is 0 Å². The van der Waals surface area contributed by atoms with E-state index in [1.165, 1.54) is 6.92 Å². The molecule has 1 aromatic carbocycles. The molecule has 90 valence electrons. The minimum Gasteiger partial charge on any atom is -0.431 e. The van der Waals surface area contributed by atoms with Gasteiger partial charge >= 0.3 is 6.61 Å². The summed E-state index contributed by atoms with van der Waals surface area (Å²) in [4.78, 5) is 0. The van der Waals surface area contributed by atoms with Gasteiger partial charge in [-0.1, -0.05) is 6.92 Å². The lowest BCUT2D eigenvalue weighted by Crippen LogP contribution is -2.10. The molecular weight excluding hydrogens is 231 g/mol. The highest BCUT2D eigenvalue weighted by atomic mass is 19.3. The van der Waals surface area contributed by atoms with Crippen LogP contribution in [0.25, 0.3) is 0 Å². The quantitative estimate of drug-likeness (QED) is 0.579. The molecule has 0 amide bonds. The minimum atomic E-state index is -3.33. The highest BCUT2D eigenvalue weighted by molar-refractivity contribution is 5.41. The lowest BCUT2D eigenvalue weighted by atomic mass is 10.1. The number of benzene rings is 1. The average Bonchev–Trinajstić information content (AvgIpc) is 2.23. The van der Waals surface area contributed by atoms with Crippen LogP contribution >= 0.6 is 0 Å². The van der Waals surface area contributed by atoms with E-state index in [4.69, 9.17) is 0 Å². The second-order valence-corrected chi connectivity index (χ2v) is 3.11. The van der Waals surface area contributed by atoms with Gasteiger partial charge in [0.1, 0.15) is 5.82 Å². The minimum absolute atomic E-state index is 0.0775. The summed E-state index contributed by atoms with van der Waals surface area (Å²) in [7, 11) is 0. The van der Waals surface area contributed by atoms with Gasteiger partial charge in [-0.05, 0) is 13.3 Å². The Morgan fingerprint density at radius 3 is 2.06 bits per heavy atom. The van der Waals surface area contributed by atoms with E-state index in [1.807, 2.05) is 0 Å². The zero-order chi connectivity index (χ0) is 12.5. The van der Waals surface area contributed by atoms with Crippen molar-refractivity contribution in [1.82, 2.24) is 0 Å². The van der Waals surface area contributed by atoms with Gasteiger partial charge in [-0.2, -0.15) is 13.2 Å². The molecule has 6 heteroatoms. The van der Waals surface area contributed by atoms with E-state index in [0.29, 0.717) is 0 Å². The van der Waals surface area contributed by atoms with Gasteiger partial charge in [0.2, 0.25) is 5.82 Å². The third kappa shape index (κ3) is 2.10. The number of hydrogen-bond donors (Lipinski definition) is 0. The summed E-state index contributed by atoms with van der Waals surface area (Å²) in [6.45, 7) is -0.881. The number of hydrogen-bond acceptors (Lipinski definition) is 1. The molecule has 0 aromatic heterocycles. The first-order chi connectivity index (χ1) is 7.40. The number of ether oxygens (including phenoxy) is 1. The summed E-state index contributed by atoms with van der Waals surface area (Å²) < 4.78 is 67.4. The first-order valence-electron chi connectivity index (χ1n) is 4.50. The molecule has 1 aromatic rings. The zero-order valence-electron chi connectivity index (χ0n) is 8.58. The number of halogens is 5. The van der Waals surface area contributed by atoms with Gasteiger partial charge < -0.3 is 4.74 Å². The molecule has 0 saturated heterocycles. The number of rotatable bonds is 3. The molecule has 0 spiro atoms. The molecule has 0 atom stereocenters. The first kappa shape index (κ1) is 12.7. The lowest BCUT2D eigenvalue weighted by Gasteiger charge is -2.13. The van der Waals surface area contributed by atoms with Crippen LogP contribution in [-0.4, -0.2) is 6.61 Å². The van der Waals surface area contributed by atoms with E-state index >= 15 is 0 Å². The molecular formula is C10H9F5O. The largest absolute Gasteiger partial charge is 0.431 e. The van der Waals surface area contributed by atoms with Gasteiger partial charge in [0, 0.05) is 11.1 Å². The highest BCUT2D eigenvalue weighted by Gasteiger charge is 2.24. The van der Waals surface area contributed by atoms with E-state index in [2.05, 4.69) is 4.74 Å². The molecule has 0 unspecified atom stereocenters. The van der Waals surface area contributed by atoms with Crippen molar-refractivity contribution in [3.8, 4) is 5.75 Å². The highest BCUT2D eigenvalue weighted by Crippen LogP contribution is 2.32. The zero-order valence-corrected chi connectivity index (χ0v) is 8.58. The maximum Gasteiger partial charge on any atom is 0.387 e. The summed E-state index contributed by atoms with van der Waals surface area (Å²) in [6, 6.07) is 0. The van der Waals surface area contributed by atoms with E-state index in [-0.39, 0.29) is 6.42 Å². The van der Waals surface area contributed by atoms with E-state index < -0.39 is 40.9 Å². The van der Waals surface area contributed by atoms with Crippen LogP contribution in [-0.2, 0) is 6.42 Å². The van der Waals surface area contributed by atoms with Gasteiger partial charge in [-0.3, -0.25) is 0 Å². The van der Waals surface area contributed by atoms with E-state index in [9.17, 15) is 22.0 Å². The molecule has 0 fully saturated rings. The summed E-state index contributed by atoms with van der Waals surface area (Å²) in [5, 5.41) is 0. The Morgan fingerprint density at radius 2 is 1.62 bits per heavy atom. The summed E-state index contributed by atoms with van der Waals surface area (Å²) in [6.07, 6.45) is -0.0775. The van der Waals surface area contributed by atoms with Crippen molar-refractivity contribution in [2.75, 3.05) is 0 Å². The molecule has 16 heavy (non-hydrogen) atoms. The Bertz CT molecular complexity index is 403. The van der Waals surface area contributed by atoms with Gasteiger partial charge in [-0.25, -0.2) is 8.78 Å². The van der Waals surface area contributed by atoms with Crippen molar-refractivity contribution in [1.29, 1.82) is 0 Å². The second-order valence-electron chi connectivity index (χ2n) is 3.11. The Morgan fingerprint density at radius 1 is 1.06 bits per heavy atom. The van der Waals surface area contributed by atoms with Crippen molar-refractivity contribution in [3.05, 3.63) is 28.6 Å². The van der Waals surface area contributed by atoms with Crippen LogP contribution in [0.5, 0.6) is 5.75 Å². The van der Waals surface area contributed by atoms with Gasteiger partial charge in [0.15, 0.2) is 11.6 Å². The van der Waals surface area contributed by atoms with Crippen LogP contribution in [0, 0.1) is 24.4 Å². The van der Waals surface area contributed by atoms with Crippen molar-refractivity contribution >= 4 is 0 Å². The maximum absolute atomic E-state index is 13.4. The number of alkyl halides is 2. The molecule has 0 heterocycles. The molecule has 0 saturated carbocycles. The molecule has 0 aliphatic heterocycles. The lowest BCUT2D eigenvalue weighted by molar-refractivity contribution is -0.0533. The summed E-state index contributed by atoms with van der Waals surface area (Å²) in [5.41, 5.74) is -0.937. The Hall–Kier alpha value is -1.33. The van der Waals surface area contributed by atoms with Crippen LogP contribution in [0.15, 0.2) is 0 Å². The van der Waals surface area contributed by atoms with Crippen LogP contribution < -0.4 is 4.74 Å². The third-order valence-electron chi connectivity index (χ3n) is 2.15. The van der Waals surface area contributed by atoms with E-state index in [0.717, 1.165) is 6.92 Å². The van der Waals surface area contributed by atoms with Gasteiger partial charge in [-0.15, -0.1) is 0 Å². The maximum atomic E-state index is 13.4. The molecule has 0 aliphatic rings. The smallest absolute Gasteiger partial charge is 0.387 e. The van der Waals surface area contributed by atoms with Crippen molar-refractivity contribution in [2.45, 2.75) is 26.9 Å². The first-order valence-corrected chi connectivity index (χ1v) is 4.50. The molecule has 0 N–H and O–H groups in total. The Kier molecular flexibility index (Phi) is 3.72. The van der Waals surface area contributed by atoms with Crippen LogP contribution in [0.3, 0.4) is 0 Å². The molecule has 1 rings (SSSR count). The Labute approximate surface area is 88.8 Å². The summed E-state index contributed by atoms with van der Waals surface area (Å²) in [5.74, 6) is -5.21. The topological polar surface area (TPSA) is 9.23 Å². The normalized spacial score (nSPS) is 11.0. The molecule has 0 radical (unpaired) electrons. The average molecular weight is 240 g/mol. The van der Waals surface area contributed by atoms with Crippen molar-refractivity contribution < 1.29 is 26.7 Å². The van der Waals surface area contributed by atoms with E-state index in [1.54, 1.807) is 0 Å². The SMILES string of the molecule is CCc1c(F)c(C)c(F)c(F)c1OC(F)F. The van der Waals surface area contributed by atoms with Gasteiger partial charge in [0.25, 0.3) is 0 Å². The fourth-order valence-corrected chi connectivity index (χ4v) is 1.35. The standard InChI is InChI=1S/C10H9F5O/c1-3-5-6(11)4(2)7(12)8(13)9(5)16-10(14)15/h10H,3H2,1-2H3. The Balaban J connectivity index is 3.44. The molecule has 0 bridgehead atoms. The third-order valence-corrected chi connectivity index (χ3v) is 2.15. The second kappa shape index (κ2) is 4.67. The van der Waals surface area contributed by atoms with Crippen LogP contribution in [0.4, 0.5) is 22.0 Å². The summed E-state index contributed by atoms with van der Waals surface area (Å²) >= 11 is 0. The fourth-order valence-electron chi connectivity index (χ4n) is 1.35. The van der Waals surface area contributed by atoms with Crippen molar-refractivity contribution in [3.63, 3.8) is 0 Å². The predicted molar refractivity (Wildman–Crippen MR) is 47.1 cm³/mol. The van der Waals surface area contributed by atoms with Crippen LogP contribution in [0.1, 0.15) is 18.1 Å².